The van der Waals surface area contributed by atoms with Crippen molar-refractivity contribution in [2.75, 3.05) is 23.4 Å². The molecule has 0 radical (unpaired) electrons. The summed E-state index contributed by atoms with van der Waals surface area (Å²) in [6.45, 7) is 1.97. The Kier molecular flexibility index (Phi) is 5.79. The summed E-state index contributed by atoms with van der Waals surface area (Å²) in [6, 6.07) is 12.2. The van der Waals surface area contributed by atoms with Gasteiger partial charge in [0.25, 0.3) is 5.91 Å². The van der Waals surface area contributed by atoms with Gasteiger partial charge in [-0.2, -0.15) is 13.2 Å². The minimum absolute atomic E-state index is 0.0251. The number of halogens is 3. The van der Waals surface area contributed by atoms with E-state index in [0.717, 1.165) is 33.7 Å². The number of amides is 1. The van der Waals surface area contributed by atoms with E-state index >= 15 is 0 Å². The monoisotopic (exact) mass is 405 g/mol. The van der Waals surface area contributed by atoms with Crippen molar-refractivity contribution in [2.24, 2.45) is 0 Å². The molecule has 28 heavy (non-hydrogen) atoms. The molecule has 0 saturated heterocycles. The molecule has 0 saturated carbocycles. The molecule has 1 heterocycles. The molecule has 0 aliphatic rings. The Hall–Kier alpha value is -2.74. The van der Waals surface area contributed by atoms with Crippen LogP contribution in [-0.2, 0) is 6.18 Å². The zero-order chi connectivity index (χ0) is 20.3. The largest absolute Gasteiger partial charge is 0.417 e. The van der Waals surface area contributed by atoms with E-state index in [0.29, 0.717) is 5.56 Å². The van der Waals surface area contributed by atoms with Crippen LogP contribution in [0.1, 0.15) is 22.8 Å². The van der Waals surface area contributed by atoms with Crippen molar-refractivity contribution >= 4 is 39.9 Å². The number of pyridine rings is 1. The van der Waals surface area contributed by atoms with E-state index in [9.17, 15) is 18.0 Å². The molecule has 3 rings (SSSR count). The van der Waals surface area contributed by atoms with E-state index < -0.39 is 17.6 Å². The lowest BCUT2D eigenvalue weighted by atomic mass is 10.1. The molecule has 2 aromatic carbocycles. The first-order valence-corrected chi connectivity index (χ1v) is 9.54. The number of nitrogens with one attached hydrogen (secondary N) is 2. The molecule has 0 fully saturated rings. The lowest BCUT2D eigenvalue weighted by Crippen LogP contribution is -2.16. The maximum Gasteiger partial charge on any atom is 0.417 e. The topological polar surface area (TPSA) is 54.0 Å². The van der Waals surface area contributed by atoms with Crippen molar-refractivity contribution in [2.45, 2.75) is 18.0 Å². The summed E-state index contributed by atoms with van der Waals surface area (Å²) in [6.07, 6.45) is -3.82. The fourth-order valence-corrected chi connectivity index (χ4v) is 3.60. The summed E-state index contributed by atoms with van der Waals surface area (Å²) in [5.41, 5.74) is -0.545. The minimum atomic E-state index is -4.55. The molecule has 146 valence electrons. The summed E-state index contributed by atoms with van der Waals surface area (Å²) in [4.78, 5) is 17.5. The highest BCUT2D eigenvalue weighted by Crippen LogP contribution is 2.33. The standard InChI is InChI=1S/C20H18F3N3OS/c1-3-28-17-9-13-7-5-4-6-12(13)8-15(17)19(27)26-16-10-14(20(21,22)23)11-25-18(16)24-2/h4-11H,3H2,1-2H3,(H,24,25)(H,26,27). The Balaban J connectivity index is 2.02. The summed E-state index contributed by atoms with van der Waals surface area (Å²) in [7, 11) is 1.53. The van der Waals surface area contributed by atoms with Gasteiger partial charge in [-0.15, -0.1) is 11.8 Å². The highest BCUT2D eigenvalue weighted by molar-refractivity contribution is 7.99. The number of thioether (sulfide) groups is 1. The van der Waals surface area contributed by atoms with Gasteiger partial charge in [0, 0.05) is 18.1 Å². The van der Waals surface area contributed by atoms with Crippen LogP contribution >= 0.6 is 11.8 Å². The lowest BCUT2D eigenvalue weighted by molar-refractivity contribution is -0.137. The van der Waals surface area contributed by atoms with Crippen molar-refractivity contribution in [3.63, 3.8) is 0 Å². The van der Waals surface area contributed by atoms with Gasteiger partial charge in [-0.3, -0.25) is 4.79 Å². The van der Waals surface area contributed by atoms with Gasteiger partial charge in [0.2, 0.25) is 0 Å². The number of benzene rings is 2. The third-order valence-corrected chi connectivity index (χ3v) is 5.03. The molecular formula is C20H18F3N3OS. The normalized spacial score (nSPS) is 11.5. The number of hydrogen-bond acceptors (Lipinski definition) is 4. The van der Waals surface area contributed by atoms with Crippen molar-refractivity contribution in [1.29, 1.82) is 0 Å². The van der Waals surface area contributed by atoms with Gasteiger partial charge in [-0.1, -0.05) is 31.2 Å². The second kappa shape index (κ2) is 8.10. The van der Waals surface area contributed by atoms with Crippen LogP contribution in [0.2, 0.25) is 0 Å². The molecule has 8 heteroatoms. The first-order chi connectivity index (χ1) is 13.3. The predicted octanol–water partition coefficient (Wildman–Crippen LogP) is 5.66. The van der Waals surface area contributed by atoms with Crippen LogP contribution in [0.3, 0.4) is 0 Å². The first kappa shape index (κ1) is 20.0. The maximum atomic E-state index is 13.0. The van der Waals surface area contributed by atoms with Gasteiger partial charge in [-0.05, 0) is 34.7 Å². The number of carbonyl (C=O) groups is 1. The van der Waals surface area contributed by atoms with Crippen LogP contribution in [0.25, 0.3) is 10.8 Å². The number of fused-ring (bicyclic) bond motifs is 1. The van der Waals surface area contributed by atoms with Crippen molar-refractivity contribution in [3.05, 3.63) is 59.8 Å². The average Bonchev–Trinajstić information content (AvgIpc) is 2.67. The summed E-state index contributed by atoms with van der Waals surface area (Å²) < 4.78 is 39.1. The fourth-order valence-electron chi connectivity index (χ4n) is 2.78. The van der Waals surface area contributed by atoms with Crippen molar-refractivity contribution in [1.82, 2.24) is 4.98 Å². The maximum absolute atomic E-state index is 13.0. The Bertz CT molecular complexity index is 1020. The molecule has 0 bridgehead atoms. The van der Waals surface area contributed by atoms with E-state index in [2.05, 4.69) is 15.6 Å². The number of hydrogen-bond donors (Lipinski definition) is 2. The summed E-state index contributed by atoms with van der Waals surface area (Å²) in [5, 5.41) is 7.15. The fraction of sp³-hybridized carbons (Fsp3) is 0.200. The third kappa shape index (κ3) is 4.22. The van der Waals surface area contributed by atoms with E-state index in [1.807, 2.05) is 37.3 Å². The quantitative estimate of drug-likeness (QED) is 0.538. The molecule has 3 aromatic rings. The van der Waals surface area contributed by atoms with Crippen LogP contribution in [0, 0.1) is 0 Å². The number of nitrogens with zero attached hydrogens (tertiary/aromatic N) is 1. The second-order valence-corrected chi connectivity index (χ2v) is 7.26. The van der Waals surface area contributed by atoms with Crippen molar-refractivity contribution < 1.29 is 18.0 Å². The molecule has 0 aliphatic heterocycles. The zero-order valence-corrected chi connectivity index (χ0v) is 16.0. The molecule has 2 N–H and O–H groups in total. The predicted molar refractivity (Wildman–Crippen MR) is 107 cm³/mol. The highest BCUT2D eigenvalue weighted by Gasteiger charge is 2.32. The van der Waals surface area contributed by atoms with Gasteiger partial charge in [0.05, 0.1) is 16.8 Å². The smallest absolute Gasteiger partial charge is 0.371 e. The van der Waals surface area contributed by atoms with Gasteiger partial charge in [0.1, 0.15) is 5.82 Å². The number of carbonyl (C=O) groups excluding carboxylic acids is 1. The van der Waals surface area contributed by atoms with E-state index in [4.69, 9.17) is 0 Å². The SMILES string of the molecule is CCSc1cc2ccccc2cc1C(=O)Nc1cc(C(F)(F)F)cnc1NC. The van der Waals surface area contributed by atoms with Crippen molar-refractivity contribution in [3.8, 4) is 0 Å². The molecule has 0 unspecified atom stereocenters. The minimum Gasteiger partial charge on any atom is -0.371 e. The highest BCUT2D eigenvalue weighted by atomic mass is 32.2. The van der Waals surface area contributed by atoms with Gasteiger partial charge < -0.3 is 10.6 Å². The first-order valence-electron chi connectivity index (χ1n) is 8.55. The number of alkyl halides is 3. The number of aromatic nitrogens is 1. The average molecular weight is 405 g/mol. The zero-order valence-electron chi connectivity index (χ0n) is 15.2. The van der Waals surface area contributed by atoms with Crippen LogP contribution in [0.4, 0.5) is 24.7 Å². The molecule has 0 spiro atoms. The molecular weight excluding hydrogens is 387 g/mol. The van der Waals surface area contributed by atoms with Crippen LogP contribution < -0.4 is 10.6 Å². The molecule has 4 nitrogen and oxygen atoms in total. The van der Waals surface area contributed by atoms with E-state index in [1.165, 1.54) is 18.8 Å². The number of anilines is 2. The van der Waals surface area contributed by atoms with Crippen LogP contribution in [-0.4, -0.2) is 23.7 Å². The van der Waals surface area contributed by atoms with Crippen LogP contribution in [0.5, 0.6) is 0 Å². The second-order valence-electron chi connectivity index (χ2n) is 5.95. The molecule has 1 aromatic heterocycles. The molecule has 0 aliphatic carbocycles. The Morgan fingerprint density at radius 3 is 2.43 bits per heavy atom. The van der Waals surface area contributed by atoms with Gasteiger partial charge >= 0.3 is 6.18 Å². The van der Waals surface area contributed by atoms with Crippen LogP contribution in [0.15, 0.2) is 53.6 Å². The Morgan fingerprint density at radius 2 is 1.82 bits per heavy atom. The van der Waals surface area contributed by atoms with E-state index in [1.54, 1.807) is 6.07 Å². The van der Waals surface area contributed by atoms with E-state index in [-0.39, 0.29) is 11.5 Å². The number of rotatable bonds is 5. The van der Waals surface area contributed by atoms with Gasteiger partial charge in [-0.25, -0.2) is 4.98 Å². The lowest BCUT2D eigenvalue weighted by Gasteiger charge is -2.15. The Morgan fingerprint density at radius 1 is 1.14 bits per heavy atom. The Labute approximate surface area is 164 Å². The molecule has 1 amide bonds. The van der Waals surface area contributed by atoms with Gasteiger partial charge in [0.15, 0.2) is 0 Å². The summed E-state index contributed by atoms with van der Waals surface area (Å²) >= 11 is 1.50. The summed E-state index contributed by atoms with van der Waals surface area (Å²) in [5.74, 6) is 0.428. The molecule has 0 atom stereocenters. The third-order valence-electron chi connectivity index (χ3n) is 4.09.